The van der Waals surface area contributed by atoms with E-state index in [1.165, 1.54) is 17.3 Å². The molecule has 2 aromatic carbocycles. The first kappa shape index (κ1) is 18.2. The van der Waals surface area contributed by atoms with Gasteiger partial charge < -0.3 is 5.11 Å². The molecule has 25 heavy (non-hydrogen) atoms. The minimum atomic E-state index is -1.60. The summed E-state index contributed by atoms with van der Waals surface area (Å²) < 4.78 is -0.0883. The van der Waals surface area contributed by atoms with Crippen LogP contribution in [0.4, 0.5) is 0 Å². The van der Waals surface area contributed by atoms with E-state index in [1.807, 2.05) is 54.6 Å². The molecule has 0 bridgehead atoms. The molecule has 0 spiro atoms. The molecule has 0 saturated carbocycles. The van der Waals surface area contributed by atoms with Crippen molar-refractivity contribution in [2.24, 2.45) is 0 Å². The molecule has 3 rings (SSSR count). The van der Waals surface area contributed by atoms with Crippen LogP contribution in [0.15, 0.2) is 67.3 Å². The molecule has 1 atom stereocenters. The first-order chi connectivity index (χ1) is 11.9. The molecule has 1 unspecified atom stereocenters. The maximum atomic E-state index is 11.2. The van der Waals surface area contributed by atoms with E-state index < -0.39 is 9.39 Å². The highest BCUT2D eigenvalue weighted by atomic mass is 35.6. The van der Waals surface area contributed by atoms with Crippen LogP contribution in [0.3, 0.4) is 0 Å². The average Bonchev–Trinajstić information content (AvgIpc) is 3.07. The van der Waals surface area contributed by atoms with Crippen molar-refractivity contribution < 1.29 is 5.11 Å². The van der Waals surface area contributed by atoms with Gasteiger partial charge in [0.15, 0.2) is 3.79 Å². The molecule has 4 nitrogen and oxygen atoms in total. The van der Waals surface area contributed by atoms with Gasteiger partial charge in [-0.05, 0) is 16.7 Å². The number of halogens is 3. The van der Waals surface area contributed by atoms with Crippen molar-refractivity contribution in [1.29, 1.82) is 0 Å². The van der Waals surface area contributed by atoms with Crippen LogP contribution in [-0.2, 0) is 12.1 Å². The summed E-state index contributed by atoms with van der Waals surface area (Å²) in [4.78, 5) is 3.89. The summed E-state index contributed by atoms with van der Waals surface area (Å²) >= 11 is 17.9. The molecule has 130 valence electrons. The third-order valence-corrected chi connectivity index (χ3v) is 4.31. The summed E-state index contributed by atoms with van der Waals surface area (Å²) in [6, 6.07) is 17.5. The fourth-order valence-electron chi connectivity index (χ4n) is 2.77. The minimum Gasteiger partial charge on any atom is -0.383 e. The second-order valence-corrected chi connectivity index (χ2v) is 8.38. The molecule has 0 saturated heterocycles. The Kier molecular flexibility index (Phi) is 5.35. The zero-order valence-electron chi connectivity index (χ0n) is 13.2. The lowest BCUT2D eigenvalue weighted by Gasteiger charge is -2.31. The largest absolute Gasteiger partial charge is 0.383 e. The second-order valence-electron chi connectivity index (χ2n) is 5.86. The van der Waals surface area contributed by atoms with Gasteiger partial charge in [-0.25, -0.2) is 9.67 Å². The Morgan fingerprint density at radius 1 is 0.920 bits per heavy atom. The van der Waals surface area contributed by atoms with Crippen LogP contribution in [0.1, 0.15) is 12.0 Å². The van der Waals surface area contributed by atoms with Crippen LogP contribution >= 0.6 is 34.8 Å². The fourth-order valence-corrected chi connectivity index (χ4v) is 3.43. The van der Waals surface area contributed by atoms with E-state index in [0.717, 1.165) is 11.1 Å². The molecule has 1 aromatic heterocycles. The molecule has 3 aromatic rings. The van der Waals surface area contributed by atoms with Gasteiger partial charge in [0, 0.05) is 6.42 Å². The summed E-state index contributed by atoms with van der Waals surface area (Å²) in [6.45, 7) is 0.131. The summed E-state index contributed by atoms with van der Waals surface area (Å²) in [5.41, 5.74) is 1.39. The molecule has 0 radical (unpaired) electrons. The Morgan fingerprint density at radius 2 is 1.56 bits per heavy atom. The van der Waals surface area contributed by atoms with E-state index in [2.05, 4.69) is 10.1 Å². The maximum Gasteiger partial charge on any atom is 0.193 e. The highest BCUT2D eigenvalue weighted by Crippen LogP contribution is 2.41. The number of aromatic nitrogens is 3. The van der Waals surface area contributed by atoms with Crippen LogP contribution in [0, 0.1) is 0 Å². The molecule has 1 heterocycles. The van der Waals surface area contributed by atoms with Crippen LogP contribution in [0.25, 0.3) is 11.1 Å². The second kappa shape index (κ2) is 7.34. The number of benzene rings is 2. The lowest BCUT2D eigenvalue weighted by molar-refractivity contribution is 0.00737. The summed E-state index contributed by atoms with van der Waals surface area (Å²) in [5.74, 6) is 0. The Bertz CT molecular complexity index is 802. The number of aliphatic hydroxyl groups is 1. The van der Waals surface area contributed by atoms with Crippen molar-refractivity contribution in [2.75, 3.05) is 0 Å². The summed E-state index contributed by atoms with van der Waals surface area (Å²) in [7, 11) is 0. The summed E-state index contributed by atoms with van der Waals surface area (Å²) in [6.07, 6.45) is 2.84. The van der Waals surface area contributed by atoms with E-state index in [1.54, 1.807) is 0 Å². The molecule has 0 aliphatic rings. The van der Waals surface area contributed by atoms with Crippen molar-refractivity contribution in [3.8, 4) is 11.1 Å². The smallest absolute Gasteiger partial charge is 0.193 e. The normalized spacial score (nSPS) is 14.2. The van der Waals surface area contributed by atoms with Crippen molar-refractivity contribution in [2.45, 2.75) is 22.4 Å². The van der Waals surface area contributed by atoms with Crippen LogP contribution in [0.5, 0.6) is 0 Å². The topological polar surface area (TPSA) is 50.9 Å². The molecule has 0 amide bonds. The molecule has 1 N–H and O–H groups in total. The first-order valence-corrected chi connectivity index (χ1v) is 8.77. The minimum absolute atomic E-state index is 0.0742. The van der Waals surface area contributed by atoms with Gasteiger partial charge in [0.05, 0.1) is 6.54 Å². The maximum absolute atomic E-state index is 11.2. The number of hydrogen-bond donors (Lipinski definition) is 1. The van der Waals surface area contributed by atoms with E-state index in [4.69, 9.17) is 34.8 Å². The van der Waals surface area contributed by atoms with Crippen molar-refractivity contribution in [3.63, 3.8) is 0 Å². The van der Waals surface area contributed by atoms with Crippen molar-refractivity contribution in [1.82, 2.24) is 14.8 Å². The van der Waals surface area contributed by atoms with Gasteiger partial charge in [-0.1, -0.05) is 89.4 Å². The van der Waals surface area contributed by atoms with Crippen molar-refractivity contribution >= 4 is 34.8 Å². The zero-order chi connectivity index (χ0) is 17.9. The van der Waals surface area contributed by atoms with E-state index in [-0.39, 0.29) is 13.0 Å². The van der Waals surface area contributed by atoms with Crippen molar-refractivity contribution in [3.05, 3.63) is 72.8 Å². The number of rotatable bonds is 5. The summed E-state index contributed by atoms with van der Waals surface area (Å²) in [5, 5.41) is 15.2. The monoisotopic (exact) mass is 395 g/mol. The van der Waals surface area contributed by atoms with Gasteiger partial charge >= 0.3 is 0 Å². The van der Waals surface area contributed by atoms with E-state index in [0.29, 0.717) is 5.56 Å². The van der Waals surface area contributed by atoms with Gasteiger partial charge in [0.2, 0.25) is 0 Å². The van der Waals surface area contributed by atoms with Gasteiger partial charge in [-0.15, -0.1) is 0 Å². The highest BCUT2D eigenvalue weighted by molar-refractivity contribution is 6.67. The van der Waals surface area contributed by atoms with Crippen LogP contribution in [-0.4, -0.2) is 23.7 Å². The average molecular weight is 397 g/mol. The molecular weight excluding hydrogens is 381 g/mol. The van der Waals surface area contributed by atoms with Gasteiger partial charge in [-0.3, -0.25) is 0 Å². The van der Waals surface area contributed by atoms with Crippen LogP contribution < -0.4 is 0 Å². The third-order valence-electron chi connectivity index (χ3n) is 3.91. The van der Waals surface area contributed by atoms with Gasteiger partial charge in [-0.2, -0.15) is 5.10 Å². The highest BCUT2D eigenvalue weighted by Gasteiger charge is 2.38. The van der Waals surface area contributed by atoms with E-state index >= 15 is 0 Å². The van der Waals surface area contributed by atoms with Gasteiger partial charge in [0.25, 0.3) is 0 Å². The standard InChI is InChI=1S/C18H16Cl3N3O/c19-18(20,21)10-17(25,11-24-13-22-12-23-24)16-8-6-15(7-9-16)14-4-2-1-3-5-14/h1-9,12-13,25H,10-11H2. The number of nitrogens with zero attached hydrogens (tertiary/aromatic N) is 3. The SMILES string of the molecule is OC(Cn1cncn1)(CC(Cl)(Cl)Cl)c1ccc(-c2ccccc2)cc1. The lowest BCUT2D eigenvalue weighted by atomic mass is 9.89. The number of hydrogen-bond acceptors (Lipinski definition) is 3. The molecule has 0 aliphatic carbocycles. The Morgan fingerprint density at radius 3 is 2.12 bits per heavy atom. The van der Waals surface area contributed by atoms with Gasteiger partial charge in [0.1, 0.15) is 18.3 Å². The molecule has 0 fully saturated rings. The Labute approximate surface area is 161 Å². The Balaban J connectivity index is 1.92. The first-order valence-electron chi connectivity index (χ1n) is 7.63. The van der Waals surface area contributed by atoms with E-state index in [9.17, 15) is 5.11 Å². The van der Waals surface area contributed by atoms with Crippen LogP contribution in [0.2, 0.25) is 0 Å². The molecular formula is C18H16Cl3N3O. The predicted molar refractivity (Wildman–Crippen MR) is 101 cm³/mol. The third kappa shape index (κ3) is 4.73. The molecule has 7 heteroatoms. The number of alkyl halides is 3. The quantitative estimate of drug-likeness (QED) is 0.642. The zero-order valence-corrected chi connectivity index (χ0v) is 15.5. The lowest BCUT2D eigenvalue weighted by Crippen LogP contribution is -2.35. The molecule has 0 aliphatic heterocycles. The predicted octanol–water partition coefficient (Wildman–Crippen LogP) is 4.59. The Hall–Kier alpha value is -1.59. The fraction of sp³-hybridized carbons (Fsp3) is 0.222.